The standard InChI is InChI=1S/C23H43N5O.HI/c1-6-9-10-20(7-2)15-25-23(24-8-3)26-16-21-11-13-28(14-12-21)17-22-27-18(4)19(5)29-22;/h20-21H,6-17H2,1-5H3,(H2,24,25,26);1H. The molecule has 1 aromatic heterocycles. The molecule has 0 aliphatic carbocycles. The highest BCUT2D eigenvalue weighted by atomic mass is 127. The number of piperidine rings is 1. The van der Waals surface area contributed by atoms with E-state index in [4.69, 9.17) is 9.41 Å². The van der Waals surface area contributed by atoms with Crippen molar-refractivity contribution in [2.75, 3.05) is 32.7 Å². The van der Waals surface area contributed by atoms with Crippen molar-refractivity contribution in [2.45, 2.75) is 79.7 Å². The fourth-order valence-electron chi connectivity index (χ4n) is 3.87. The van der Waals surface area contributed by atoms with Crippen molar-refractivity contribution in [3.63, 3.8) is 0 Å². The first-order valence-corrected chi connectivity index (χ1v) is 11.7. The zero-order chi connectivity index (χ0) is 21.1. The number of hydrogen-bond acceptors (Lipinski definition) is 4. The molecule has 1 saturated heterocycles. The number of oxazole rings is 1. The van der Waals surface area contributed by atoms with Crippen molar-refractivity contribution in [1.82, 2.24) is 20.5 Å². The summed E-state index contributed by atoms with van der Waals surface area (Å²) in [5.41, 5.74) is 1.01. The van der Waals surface area contributed by atoms with Crippen molar-refractivity contribution in [2.24, 2.45) is 16.8 Å². The molecule has 1 atom stereocenters. The molecule has 1 fully saturated rings. The molecule has 1 aliphatic rings. The number of aryl methyl sites for hydroxylation is 2. The van der Waals surface area contributed by atoms with Gasteiger partial charge in [-0.3, -0.25) is 9.89 Å². The fraction of sp³-hybridized carbons (Fsp3) is 0.826. The zero-order valence-electron chi connectivity index (χ0n) is 19.8. The Morgan fingerprint density at radius 3 is 2.50 bits per heavy atom. The maximum atomic E-state index is 5.74. The van der Waals surface area contributed by atoms with Crippen LogP contribution < -0.4 is 10.6 Å². The summed E-state index contributed by atoms with van der Waals surface area (Å²) >= 11 is 0. The Kier molecular flexibility index (Phi) is 13.6. The largest absolute Gasteiger partial charge is 0.444 e. The van der Waals surface area contributed by atoms with Gasteiger partial charge in [0.15, 0.2) is 5.96 Å². The summed E-state index contributed by atoms with van der Waals surface area (Å²) in [6.45, 7) is 16.6. The SMILES string of the molecule is CCCCC(CC)CN=C(NCC)NCC1CCN(Cc2nc(C)c(C)o2)CC1.I. The monoisotopic (exact) mass is 533 g/mol. The number of nitrogens with zero attached hydrogens (tertiary/aromatic N) is 3. The van der Waals surface area contributed by atoms with Gasteiger partial charge < -0.3 is 15.1 Å². The fourth-order valence-corrected chi connectivity index (χ4v) is 3.87. The Bertz CT molecular complexity index is 591. The van der Waals surface area contributed by atoms with Crippen LogP contribution in [0.3, 0.4) is 0 Å². The van der Waals surface area contributed by atoms with Gasteiger partial charge in [-0.2, -0.15) is 0 Å². The molecule has 7 heteroatoms. The highest BCUT2D eigenvalue weighted by molar-refractivity contribution is 14.0. The van der Waals surface area contributed by atoms with Crippen LogP contribution in [0.1, 0.15) is 76.6 Å². The molecule has 2 N–H and O–H groups in total. The van der Waals surface area contributed by atoms with Gasteiger partial charge in [0, 0.05) is 19.6 Å². The number of guanidine groups is 1. The van der Waals surface area contributed by atoms with Crippen molar-refractivity contribution >= 4 is 29.9 Å². The molecule has 1 aromatic rings. The van der Waals surface area contributed by atoms with Crippen molar-refractivity contribution < 1.29 is 4.42 Å². The minimum absolute atomic E-state index is 0. The molecule has 174 valence electrons. The first kappa shape index (κ1) is 27.2. The average molecular weight is 534 g/mol. The smallest absolute Gasteiger partial charge is 0.208 e. The van der Waals surface area contributed by atoms with Crippen LogP contribution in [0.2, 0.25) is 0 Å². The lowest BCUT2D eigenvalue weighted by atomic mass is 9.97. The molecule has 0 bridgehead atoms. The Morgan fingerprint density at radius 1 is 1.20 bits per heavy atom. The molecule has 0 aromatic carbocycles. The van der Waals surface area contributed by atoms with Crippen LogP contribution in [0.5, 0.6) is 0 Å². The van der Waals surface area contributed by atoms with Gasteiger partial charge in [0.25, 0.3) is 0 Å². The molecule has 30 heavy (non-hydrogen) atoms. The summed E-state index contributed by atoms with van der Waals surface area (Å²) in [5, 5.41) is 7.01. The van der Waals surface area contributed by atoms with Gasteiger partial charge in [-0.1, -0.05) is 33.1 Å². The Labute approximate surface area is 201 Å². The Hall–Kier alpha value is -0.830. The summed E-state index contributed by atoms with van der Waals surface area (Å²) in [6.07, 6.45) is 7.50. The topological polar surface area (TPSA) is 65.7 Å². The van der Waals surface area contributed by atoms with Crippen molar-refractivity contribution in [1.29, 1.82) is 0 Å². The molecule has 0 spiro atoms. The van der Waals surface area contributed by atoms with Crippen LogP contribution in [-0.4, -0.2) is 48.6 Å². The van der Waals surface area contributed by atoms with Gasteiger partial charge in [0.2, 0.25) is 5.89 Å². The molecule has 1 aliphatic heterocycles. The molecule has 0 amide bonds. The molecule has 1 unspecified atom stereocenters. The van der Waals surface area contributed by atoms with E-state index in [0.717, 1.165) is 62.6 Å². The van der Waals surface area contributed by atoms with Crippen LogP contribution in [0.4, 0.5) is 0 Å². The second kappa shape index (κ2) is 15.1. The van der Waals surface area contributed by atoms with Gasteiger partial charge in [0.05, 0.1) is 12.2 Å². The first-order chi connectivity index (χ1) is 14.0. The van der Waals surface area contributed by atoms with E-state index in [2.05, 4.69) is 41.3 Å². The Morgan fingerprint density at radius 2 is 1.93 bits per heavy atom. The molecule has 0 saturated carbocycles. The van der Waals surface area contributed by atoms with Gasteiger partial charge >= 0.3 is 0 Å². The first-order valence-electron chi connectivity index (χ1n) is 11.7. The maximum absolute atomic E-state index is 5.74. The molecule has 0 radical (unpaired) electrons. The number of unbranched alkanes of at least 4 members (excludes halogenated alkanes) is 1. The number of aromatic nitrogens is 1. The normalized spacial score (nSPS) is 16.9. The third-order valence-electron chi connectivity index (χ3n) is 6.09. The molecule has 2 rings (SSSR count). The van der Waals surface area contributed by atoms with E-state index < -0.39 is 0 Å². The second-order valence-corrected chi connectivity index (χ2v) is 8.49. The highest BCUT2D eigenvalue weighted by Crippen LogP contribution is 2.19. The summed E-state index contributed by atoms with van der Waals surface area (Å²) in [5.74, 6) is 4.18. The number of rotatable bonds is 11. The number of nitrogens with one attached hydrogen (secondary N) is 2. The van der Waals surface area contributed by atoms with Gasteiger partial charge in [-0.25, -0.2) is 4.98 Å². The quantitative estimate of drug-likeness (QED) is 0.241. The molecular weight excluding hydrogens is 489 g/mol. The molecular formula is C23H44IN5O. The summed E-state index contributed by atoms with van der Waals surface area (Å²) < 4.78 is 5.74. The van der Waals surface area contributed by atoms with Crippen LogP contribution in [0.15, 0.2) is 9.41 Å². The third kappa shape index (κ3) is 9.54. The zero-order valence-corrected chi connectivity index (χ0v) is 22.1. The average Bonchev–Trinajstić information content (AvgIpc) is 3.04. The Balaban J connectivity index is 0.00000450. The lowest BCUT2D eigenvalue weighted by Crippen LogP contribution is -2.43. The number of likely N-dealkylation sites (tertiary alicyclic amines) is 1. The van der Waals surface area contributed by atoms with E-state index in [1.54, 1.807) is 0 Å². The predicted molar refractivity (Wildman–Crippen MR) is 137 cm³/mol. The third-order valence-corrected chi connectivity index (χ3v) is 6.09. The number of aliphatic imine (C=N–C) groups is 1. The lowest BCUT2D eigenvalue weighted by Gasteiger charge is -2.31. The van der Waals surface area contributed by atoms with E-state index in [9.17, 15) is 0 Å². The van der Waals surface area contributed by atoms with Crippen molar-refractivity contribution in [3.05, 3.63) is 17.3 Å². The van der Waals surface area contributed by atoms with E-state index in [0.29, 0.717) is 11.8 Å². The van der Waals surface area contributed by atoms with E-state index in [1.807, 2.05) is 13.8 Å². The number of hydrogen-bond donors (Lipinski definition) is 2. The number of halogens is 1. The van der Waals surface area contributed by atoms with E-state index >= 15 is 0 Å². The van der Waals surface area contributed by atoms with E-state index in [-0.39, 0.29) is 24.0 Å². The lowest BCUT2D eigenvalue weighted by molar-refractivity contribution is 0.164. The molecule has 6 nitrogen and oxygen atoms in total. The predicted octanol–water partition coefficient (Wildman–Crippen LogP) is 4.89. The van der Waals surface area contributed by atoms with Crippen LogP contribution in [0.25, 0.3) is 0 Å². The van der Waals surface area contributed by atoms with Crippen LogP contribution in [0, 0.1) is 25.7 Å². The second-order valence-electron chi connectivity index (χ2n) is 8.49. The van der Waals surface area contributed by atoms with Gasteiger partial charge in [-0.05, 0) is 65.0 Å². The van der Waals surface area contributed by atoms with E-state index in [1.165, 1.54) is 38.5 Å². The van der Waals surface area contributed by atoms with Gasteiger partial charge in [0.1, 0.15) is 5.76 Å². The van der Waals surface area contributed by atoms with Crippen LogP contribution >= 0.6 is 24.0 Å². The summed E-state index contributed by atoms with van der Waals surface area (Å²) in [6, 6.07) is 0. The summed E-state index contributed by atoms with van der Waals surface area (Å²) in [4.78, 5) is 11.8. The van der Waals surface area contributed by atoms with Crippen molar-refractivity contribution in [3.8, 4) is 0 Å². The maximum Gasteiger partial charge on any atom is 0.208 e. The molecule has 2 heterocycles. The van der Waals surface area contributed by atoms with Crippen LogP contribution in [-0.2, 0) is 6.54 Å². The summed E-state index contributed by atoms with van der Waals surface area (Å²) in [7, 11) is 0. The minimum Gasteiger partial charge on any atom is -0.444 e. The van der Waals surface area contributed by atoms with Gasteiger partial charge in [-0.15, -0.1) is 24.0 Å². The minimum atomic E-state index is 0. The highest BCUT2D eigenvalue weighted by Gasteiger charge is 2.21.